The summed E-state index contributed by atoms with van der Waals surface area (Å²) in [7, 11) is 0. The summed E-state index contributed by atoms with van der Waals surface area (Å²) >= 11 is 5.26. The largest absolute Gasteiger partial charge is 0.439 e. The van der Waals surface area contributed by atoms with Crippen LogP contribution in [0.15, 0.2) is 60.7 Å². The summed E-state index contributed by atoms with van der Waals surface area (Å²) in [4.78, 5) is 8.62. The first-order valence-corrected chi connectivity index (χ1v) is 8.37. The Morgan fingerprint density at radius 3 is 2.54 bits per heavy atom. The Hall–Kier alpha value is -3.06. The van der Waals surface area contributed by atoms with Crippen LogP contribution >= 0.6 is 12.2 Å². The number of para-hydroxylation sites is 1. The minimum atomic E-state index is -0.270. The average molecular weight is 368 g/mol. The lowest BCUT2D eigenvalue weighted by atomic mass is 10.2. The van der Waals surface area contributed by atoms with Crippen LogP contribution in [0.25, 0.3) is 0 Å². The zero-order valence-corrected chi connectivity index (χ0v) is 14.9. The molecule has 26 heavy (non-hydrogen) atoms. The van der Waals surface area contributed by atoms with Crippen LogP contribution in [0.3, 0.4) is 0 Å². The molecule has 0 fully saturated rings. The number of ether oxygens (including phenoxy) is 1. The van der Waals surface area contributed by atoms with E-state index in [1.54, 1.807) is 18.2 Å². The zero-order chi connectivity index (χ0) is 18.4. The minimum Gasteiger partial charge on any atom is -0.439 e. The van der Waals surface area contributed by atoms with E-state index in [1.165, 1.54) is 12.1 Å². The maximum atomic E-state index is 12.9. The molecular formula is C19H17FN4OS. The van der Waals surface area contributed by atoms with Crippen LogP contribution in [-0.4, -0.2) is 15.1 Å². The van der Waals surface area contributed by atoms with Crippen molar-refractivity contribution in [3.05, 3.63) is 77.7 Å². The fraction of sp³-hybridized carbons (Fsp3) is 0.105. The Labute approximate surface area is 156 Å². The van der Waals surface area contributed by atoms with Crippen molar-refractivity contribution >= 4 is 23.3 Å². The molecule has 3 aromatic rings. The summed E-state index contributed by atoms with van der Waals surface area (Å²) < 4.78 is 18.6. The lowest BCUT2D eigenvalue weighted by Gasteiger charge is -2.11. The molecule has 132 valence electrons. The van der Waals surface area contributed by atoms with E-state index >= 15 is 0 Å². The second-order valence-electron chi connectivity index (χ2n) is 5.52. The van der Waals surface area contributed by atoms with Crippen molar-refractivity contribution in [2.45, 2.75) is 13.5 Å². The van der Waals surface area contributed by atoms with Gasteiger partial charge in [0.15, 0.2) is 5.11 Å². The highest BCUT2D eigenvalue weighted by molar-refractivity contribution is 7.80. The average Bonchev–Trinajstić information content (AvgIpc) is 2.61. The maximum absolute atomic E-state index is 12.9. The van der Waals surface area contributed by atoms with E-state index in [4.69, 9.17) is 17.0 Å². The molecule has 5 nitrogen and oxygen atoms in total. The number of hydrogen-bond acceptors (Lipinski definition) is 4. The molecular weight excluding hydrogens is 351 g/mol. The van der Waals surface area contributed by atoms with E-state index in [9.17, 15) is 4.39 Å². The van der Waals surface area contributed by atoms with Crippen LogP contribution in [0.2, 0.25) is 0 Å². The molecule has 0 unspecified atom stereocenters. The number of nitrogens with one attached hydrogen (secondary N) is 2. The van der Waals surface area contributed by atoms with Gasteiger partial charge in [0.1, 0.15) is 11.6 Å². The third kappa shape index (κ3) is 5.22. The smallest absolute Gasteiger partial charge is 0.232 e. The molecule has 1 heterocycles. The van der Waals surface area contributed by atoms with Gasteiger partial charge < -0.3 is 15.4 Å². The standard InChI is InChI=1S/C19H17FN4OS/c1-13-11-17(25-16-5-3-2-4-6-16)23-18(22-13)24-19(26)21-12-14-7-9-15(20)10-8-14/h2-11H,12H2,1H3,(H2,21,22,23,24,26). The van der Waals surface area contributed by atoms with Crippen LogP contribution in [-0.2, 0) is 6.54 Å². The van der Waals surface area contributed by atoms with Gasteiger partial charge in [-0.3, -0.25) is 0 Å². The van der Waals surface area contributed by atoms with Gasteiger partial charge in [-0.15, -0.1) is 0 Å². The number of aromatic nitrogens is 2. The molecule has 0 radical (unpaired) electrons. The van der Waals surface area contributed by atoms with Gasteiger partial charge in [0.05, 0.1) is 0 Å². The molecule has 1 aromatic heterocycles. The number of nitrogens with zero attached hydrogens (tertiary/aromatic N) is 2. The fourth-order valence-corrected chi connectivity index (χ4v) is 2.35. The number of benzene rings is 2. The van der Waals surface area contributed by atoms with Crippen LogP contribution in [0, 0.1) is 12.7 Å². The lowest BCUT2D eigenvalue weighted by molar-refractivity contribution is 0.462. The van der Waals surface area contributed by atoms with E-state index in [1.807, 2.05) is 37.3 Å². The van der Waals surface area contributed by atoms with Crippen molar-refractivity contribution < 1.29 is 9.13 Å². The summed E-state index contributed by atoms with van der Waals surface area (Å²) in [5.74, 6) is 1.18. The Morgan fingerprint density at radius 2 is 1.81 bits per heavy atom. The van der Waals surface area contributed by atoms with Gasteiger partial charge in [-0.05, 0) is 49.0 Å². The summed E-state index contributed by atoms with van der Waals surface area (Å²) in [6, 6.07) is 17.3. The first-order valence-electron chi connectivity index (χ1n) is 7.96. The number of anilines is 1. The molecule has 0 bridgehead atoms. The molecule has 0 saturated heterocycles. The van der Waals surface area contributed by atoms with Crippen molar-refractivity contribution in [1.82, 2.24) is 15.3 Å². The van der Waals surface area contributed by atoms with Crippen molar-refractivity contribution in [3.63, 3.8) is 0 Å². The molecule has 0 aliphatic heterocycles. The fourth-order valence-electron chi connectivity index (χ4n) is 2.19. The zero-order valence-electron chi connectivity index (χ0n) is 14.1. The highest BCUT2D eigenvalue weighted by atomic mass is 32.1. The summed E-state index contributed by atoms with van der Waals surface area (Å²) in [5, 5.41) is 6.33. The quantitative estimate of drug-likeness (QED) is 0.658. The van der Waals surface area contributed by atoms with Gasteiger partial charge in [0.25, 0.3) is 0 Å². The Balaban J connectivity index is 1.61. The second-order valence-corrected chi connectivity index (χ2v) is 5.93. The Kier molecular flexibility index (Phi) is 5.70. The van der Waals surface area contributed by atoms with Gasteiger partial charge in [-0.25, -0.2) is 9.37 Å². The molecule has 2 N–H and O–H groups in total. The molecule has 0 saturated carbocycles. The molecule has 0 atom stereocenters. The van der Waals surface area contributed by atoms with Crippen molar-refractivity contribution in [3.8, 4) is 11.6 Å². The molecule has 2 aromatic carbocycles. The van der Waals surface area contributed by atoms with Gasteiger partial charge in [-0.1, -0.05) is 30.3 Å². The first-order chi connectivity index (χ1) is 12.6. The SMILES string of the molecule is Cc1cc(Oc2ccccc2)nc(NC(=S)NCc2ccc(F)cc2)n1. The van der Waals surface area contributed by atoms with Crippen LogP contribution < -0.4 is 15.4 Å². The summed E-state index contributed by atoms with van der Waals surface area (Å²) in [6.07, 6.45) is 0. The number of aryl methyl sites for hydroxylation is 1. The molecule has 0 aliphatic carbocycles. The second kappa shape index (κ2) is 8.35. The number of rotatable bonds is 5. The highest BCUT2D eigenvalue weighted by Gasteiger charge is 2.06. The van der Waals surface area contributed by atoms with Crippen molar-refractivity contribution in [1.29, 1.82) is 0 Å². The highest BCUT2D eigenvalue weighted by Crippen LogP contribution is 2.20. The predicted octanol–water partition coefficient (Wildman–Crippen LogP) is 4.20. The summed E-state index contributed by atoms with van der Waals surface area (Å²) in [6.45, 7) is 2.31. The van der Waals surface area contributed by atoms with Crippen molar-refractivity contribution in [2.24, 2.45) is 0 Å². The van der Waals surface area contributed by atoms with E-state index in [2.05, 4.69) is 20.6 Å². The number of halogens is 1. The Morgan fingerprint density at radius 1 is 1.08 bits per heavy atom. The van der Waals surface area contributed by atoms with Gasteiger partial charge in [0.2, 0.25) is 11.8 Å². The van der Waals surface area contributed by atoms with E-state index in [0.717, 1.165) is 11.3 Å². The number of thiocarbonyl (C=S) groups is 1. The van der Waals surface area contributed by atoms with Gasteiger partial charge in [0, 0.05) is 18.3 Å². The molecule has 0 aliphatic rings. The molecule has 3 rings (SSSR count). The predicted molar refractivity (Wildman–Crippen MR) is 103 cm³/mol. The third-order valence-electron chi connectivity index (χ3n) is 3.39. The van der Waals surface area contributed by atoms with Gasteiger partial charge in [-0.2, -0.15) is 4.98 Å². The monoisotopic (exact) mass is 368 g/mol. The summed E-state index contributed by atoms with van der Waals surface area (Å²) in [5.41, 5.74) is 1.66. The normalized spacial score (nSPS) is 10.2. The minimum absolute atomic E-state index is 0.270. The number of hydrogen-bond donors (Lipinski definition) is 2. The van der Waals surface area contributed by atoms with Crippen LogP contribution in [0.4, 0.5) is 10.3 Å². The third-order valence-corrected chi connectivity index (χ3v) is 3.63. The molecule has 0 amide bonds. The molecule has 7 heteroatoms. The lowest BCUT2D eigenvalue weighted by Crippen LogP contribution is -2.28. The topological polar surface area (TPSA) is 59.1 Å². The van der Waals surface area contributed by atoms with Crippen molar-refractivity contribution in [2.75, 3.05) is 5.32 Å². The van der Waals surface area contributed by atoms with E-state index in [0.29, 0.717) is 29.2 Å². The van der Waals surface area contributed by atoms with Gasteiger partial charge >= 0.3 is 0 Å². The Bertz CT molecular complexity index is 888. The first kappa shape index (κ1) is 17.8. The molecule has 0 spiro atoms. The van der Waals surface area contributed by atoms with E-state index < -0.39 is 0 Å². The maximum Gasteiger partial charge on any atom is 0.232 e. The van der Waals surface area contributed by atoms with Crippen LogP contribution in [0.1, 0.15) is 11.3 Å². The van der Waals surface area contributed by atoms with Crippen LogP contribution in [0.5, 0.6) is 11.6 Å². The van der Waals surface area contributed by atoms with E-state index in [-0.39, 0.29) is 5.82 Å².